The molecule has 0 aliphatic rings. The van der Waals surface area contributed by atoms with Gasteiger partial charge in [-0.25, -0.2) is 4.98 Å². The molecule has 3 rings (SSSR count). The van der Waals surface area contributed by atoms with E-state index < -0.39 is 5.91 Å². The van der Waals surface area contributed by atoms with Crippen molar-refractivity contribution in [3.05, 3.63) is 42.2 Å². The lowest BCUT2D eigenvalue weighted by Gasteiger charge is -2.27. The molecule has 28 heavy (non-hydrogen) atoms. The Kier molecular flexibility index (Phi) is 5.24. The molecule has 148 valence electrons. The number of nitrogens with two attached hydrogens (primary N) is 2. The lowest BCUT2D eigenvalue weighted by Crippen LogP contribution is -2.41. The fourth-order valence-electron chi connectivity index (χ4n) is 2.79. The summed E-state index contributed by atoms with van der Waals surface area (Å²) in [5, 5.41) is 7.39. The van der Waals surface area contributed by atoms with Gasteiger partial charge in [-0.15, -0.1) is 0 Å². The number of benzene rings is 1. The Bertz CT molecular complexity index is 1000. The molecule has 1 unspecified atom stereocenters. The third-order valence-corrected chi connectivity index (χ3v) is 4.83. The summed E-state index contributed by atoms with van der Waals surface area (Å²) < 4.78 is 2.02. The van der Waals surface area contributed by atoms with Gasteiger partial charge >= 0.3 is 0 Å². The maximum Gasteiger partial charge on any atom is 0.254 e. The smallest absolute Gasteiger partial charge is 0.254 e. The second-order valence-corrected chi connectivity index (χ2v) is 7.96. The number of aromatic nitrogens is 3. The van der Waals surface area contributed by atoms with Crippen LogP contribution in [-0.2, 0) is 7.05 Å². The molecule has 2 heterocycles. The monoisotopic (exact) mass is 381 g/mol. The predicted molar refractivity (Wildman–Crippen MR) is 113 cm³/mol. The molecule has 3 aromatic rings. The summed E-state index contributed by atoms with van der Waals surface area (Å²) in [5.41, 5.74) is 13.8. The average Bonchev–Trinajstić information content (AvgIpc) is 3.01. The molecule has 0 radical (unpaired) electrons. The first kappa shape index (κ1) is 19.6. The van der Waals surface area contributed by atoms with Gasteiger partial charge in [0.05, 0.1) is 0 Å². The van der Waals surface area contributed by atoms with Gasteiger partial charge in [-0.1, -0.05) is 26.8 Å². The number of carbonyl (C=O) groups is 1. The second-order valence-electron chi connectivity index (χ2n) is 7.96. The highest BCUT2D eigenvalue weighted by atomic mass is 16.1. The van der Waals surface area contributed by atoms with Gasteiger partial charge in [0.1, 0.15) is 11.4 Å². The minimum Gasteiger partial charge on any atom is -0.365 e. The van der Waals surface area contributed by atoms with Gasteiger partial charge < -0.3 is 26.7 Å². The van der Waals surface area contributed by atoms with Gasteiger partial charge in [0.2, 0.25) is 5.95 Å². The largest absolute Gasteiger partial charge is 0.365 e. The number of nitrogens with one attached hydrogen (secondary N) is 2. The third-order valence-electron chi connectivity index (χ3n) is 4.83. The molecule has 8 nitrogen and oxygen atoms in total. The Morgan fingerprint density at radius 2 is 2.04 bits per heavy atom. The molecule has 0 aliphatic carbocycles. The van der Waals surface area contributed by atoms with Crippen molar-refractivity contribution >= 4 is 34.3 Å². The van der Waals surface area contributed by atoms with E-state index >= 15 is 0 Å². The van der Waals surface area contributed by atoms with Crippen molar-refractivity contribution in [3.63, 3.8) is 0 Å². The number of nitrogens with zero attached hydrogens (tertiary/aromatic N) is 3. The number of anilines is 3. The molecule has 1 atom stereocenters. The number of primary amides is 1. The molecule has 0 aliphatic heterocycles. The predicted octanol–water partition coefficient (Wildman–Crippen LogP) is 2.60. The van der Waals surface area contributed by atoms with Crippen molar-refractivity contribution in [2.75, 3.05) is 17.2 Å². The highest BCUT2D eigenvalue weighted by molar-refractivity contribution is 6.00. The first-order valence-corrected chi connectivity index (χ1v) is 9.14. The van der Waals surface area contributed by atoms with Crippen LogP contribution < -0.4 is 22.1 Å². The van der Waals surface area contributed by atoms with E-state index in [1.165, 1.54) is 6.20 Å². The lowest BCUT2D eigenvalue weighted by molar-refractivity contribution is 0.100. The van der Waals surface area contributed by atoms with Crippen molar-refractivity contribution in [2.45, 2.75) is 26.8 Å². The molecule has 8 heteroatoms. The van der Waals surface area contributed by atoms with Crippen molar-refractivity contribution in [1.82, 2.24) is 14.5 Å². The van der Waals surface area contributed by atoms with Crippen LogP contribution in [0.5, 0.6) is 0 Å². The molecule has 6 N–H and O–H groups in total. The van der Waals surface area contributed by atoms with E-state index in [0.717, 1.165) is 16.6 Å². The SMILES string of the molecule is Cn1ccc2c(Nc3nc(NCC(N)C(C)(C)C)ncc3C(N)=O)cccc21. The van der Waals surface area contributed by atoms with Crippen molar-refractivity contribution in [2.24, 2.45) is 23.9 Å². The number of fused-ring (bicyclic) bond motifs is 1. The highest BCUT2D eigenvalue weighted by Gasteiger charge is 2.21. The van der Waals surface area contributed by atoms with Crippen LogP contribution in [-0.4, -0.2) is 33.0 Å². The Morgan fingerprint density at radius 3 is 2.71 bits per heavy atom. The van der Waals surface area contributed by atoms with Crippen LogP contribution in [0.15, 0.2) is 36.7 Å². The van der Waals surface area contributed by atoms with Gasteiger partial charge in [0, 0.05) is 48.6 Å². The molecular formula is C20H27N7O. The van der Waals surface area contributed by atoms with Crippen LogP contribution >= 0.6 is 0 Å². The molecule has 0 spiro atoms. The summed E-state index contributed by atoms with van der Waals surface area (Å²) in [6.07, 6.45) is 3.40. The highest BCUT2D eigenvalue weighted by Crippen LogP contribution is 2.28. The fourth-order valence-corrected chi connectivity index (χ4v) is 2.79. The van der Waals surface area contributed by atoms with E-state index in [0.29, 0.717) is 18.3 Å². The van der Waals surface area contributed by atoms with E-state index in [2.05, 4.69) is 41.4 Å². The van der Waals surface area contributed by atoms with Gasteiger partial charge in [-0.2, -0.15) is 4.98 Å². The van der Waals surface area contributed by atoms with Crippen molar-refractivity contribution in [1.29, 1.82) is 0 Å². The summed E-state index contributed by atoms with van der Waals surface area (Å²) in [6.45, 7) is 6.73. The maximum absolute atomic E-state index is 11.8. The van der Waals surface area contributed by atoms with Gasteiger partial charge in [0.25, 0.3) is 5.91 Å². The van der Waals surface area contributed by atoms with Gasteiger partial charge in [-0.05, 0) is 23.6 Å². The Morgan fingerprint density at radius 1 is 1.29 bits per heavy atom. The maximum atomic E-state index is 11.8. The van der Waals surface area contributed by atoms with Crippen LogP contribution in [0, 0.1) is 5.41 Å². The first-order valence-electron chi connectivity index (χ1n) is 9.14. The summed E-state index contributed by atoms with van der Waals surface area (Å²) in [5.74, 6) is 0.138. The molecule has 1 amide bonds. The van der Waals surface area contributed by atoms with Crippen LogP contribution in [0.4, 0.5) is 17.5 Å². The zero-order valence-electron chi connectivity index (χ0n) is 16.7. The summed E-state index contributed by atoms with van der Waals surface area (Å²) in [4.78, 5) is 20.5. The minimum atomic E-state index is -0.597. The summed E-state index contributed by atoms with van der Waals surface area (Å²) in [6, 6.07) is 7.82. The number of aryl methyl sites for hydroxylation is 1. The summed E-state index contributed by atoms with van der Waals surface area (Å²) >= 11 is 0. The molecule has 0 bridgehead atoms. The van der Waals surface area contributed by atoms with Crippen molar-refractivity contribution in [3.8, 4) is 0 Å². The third kappa shape index (κ3) is 4.07. The van der Waals surface area contributed by atoms with Crippen molar-refractivity contribution < 1.29 is 4.79 Å². The topological polar surface area (TPSA) is 124 Å². The second kappa shape index (κ2) is 7.47. The van der Waals surface area contributed by atoms with Crippen LogP contribution in [0.2, 0.25) is 0 Å². The molecular weight excluding hydrogens is 354 g/mol. The zero-order valence-corrected chi connectivity index (χ0v) is 16.7. The van der Waals surface area contributed by atoms with Gasteiger partial charge in [0.15, 0.2) is 0 Å². The molecule has 0 saturated carbocycles. The number of carbonyl (C=O) groups excluding carboxylic acids is 1. The lowest BCUT2D eigenvalue weighted by atomic mass is 9.87. The summed E-state index contributed by atoms with van der Waals surface area (Å²) in [7, 11) is 1.98. The zero-order chi connectivity index (χ0) is 20.5. The fraction of sp³-hybridized carbons (Fsp3) is 0.350. The van der Waals surface area contributed by atoms with Crippen LogP contribution in [0.25, 0.3) is 10.9 Å². The van der Waals surface area contributed by atoms with E-state index in [4.69, 9.17) is 11.5 Å². The van der Waals surface area contributed by atoms with E-state index in [1.54, 1.807) is 0 Å². The average molecular weight is 381 g/mol. The van der Waals surface area contributed by atoms with Crippen LogP contribution in [0.3, 0.4) is 0 Å². The molecule has 0 saturated heterocycles. The van der Waals surface area contributed by atoms with Gasteiger partial charge in [-0.3, -0.25) is 4.79 Å². The molecule has 0 fully saturated rings. The number of hydrogen-bond acceptors (Lipinski definition) is 6. The Balaban J connectivity index is 1.91. The number of rotatable bonds is 6. The first-order chi connectivity index (χ1) is 13.2. The number of hydrogen-bond donors (Lipinski definition) is 4. The van der Waals surface area contributed by atoms with E-state index in [-0.39, 0.29) is 17.0 Å². The van der Waals surface area contributed by atoms with E-state index in [9.17, 15) is 4.79 Å². The number of amides is 1. The van der Waals surface area contributed by atoms with E-state index in [1.807, 2.05) is 42.1 Å². The molecule has 1 aromatic carbocycles. The standard InChI is InChI=1S/C20H27N7O/c1-20(2,3)16(21)11-24-19-23-10-13(17(22)28)18(26-19)25-14-6-5-7-15-12(14)8-9-27(15)4/h5-10,16H,11,21H2,1-4H3,(H2,22,28)(H2,23,24,25,26). The Hall–Kier alpha value is -3.13. The minimum absolute atomic E-state index is 0.0514. The Labute approximate surface area is 164 Å². The van der Waals surface area contributed by atoms with Crippen LogP contribution in [0.1, 0.15) is 31.1 Å². The quantitative estimate of drug-likeness (QED) is 0.520. The molecule has 2 aromatic heterocycles. The normalized spacial score (nSPS) is 12.8.